The van der Waals surface area contributed by atoms with Gasteiger partial charge in [-0.25, -0.2) is 0 Å². The first-order valence-corrected chi connectivity index (χ1v) is 12.0. The minimum absolute atomic E-state index is 0. The first-order valence-electron chi connectivity index (χ1n) is 11.6. The van der Waals surface area contributed by atoms with Crippen molar-refractivity contribution in [2.24, 2.45) is 0 Å². The largest absolute Gasteiger partial charge is 0.364 e. The van der Waals surface area contributed by atoms with E-state index >= 15 is 0 Å². The van der Waals surface area contributed by atoms with Crippen molar-refractivity contribution >= 4 is 11.6 Å². The molecule has 0 bridgehead atoms. The summed E-state index contributed by atoms with van der Waals surface area (Å²) in [6.45, 7) is 15.6. The lowest BCUT2D eigenvalue weighted by molar-refractivity contribution is -0.0430. The lowest BCUT2D eigenvalue weighted by Crippen LogP contribution is -2.26. The molecule has 2 N–H and O–H groups in total. The van der Waals surface area contributed by atoms with E-state index in [1.807, 2.05) is 13.0 Å². The summed E-state index contributed by atoms with van der Waals surface area (Å²) in [7, 11) is 0. The molecule has 0 amide bonds. The molecule has 0 saturated carbocycles. The van der Waals surface area contributed by atoms with E-state index in [1.54, 1.807) is 0 Å². The fourth-order valence-electron chi connectivity index (χ4n) is 5.98. The second kappa shape index (κ2) is 9.87. The molecule has 178 valence electrons. The zero-order valence-corrected chi connectivity index (χ0v) is 21.1. The third kappa shape index (κ3) is 5.08. The minimum atomic E-state index is -1.36. The van der Waals surface area contributed by atoms with E-state index in [9.17, 15) is 10.2 Å². The summed E-state index contributed by atoms with van der Waals surface area (Å²) in [5, 5.41) is 19.6. The maximum absolute atomic E-state index is 9.33. The van der Waals surface area contributed by atoms with Gasteiger partial charge in [-0.3, -0.25) is 0 Å². The lowest BCUT2D eigenvalue weighted by atomic mass is 9.70. The van der Waals surface area contributed by atoms with Crippen LogP contribution in [0.3, 0.4) is 0 Å². The zero-order chi connectivity index (χ0) is 23.1. The monoisotopic (exact) mass is 458 g/mol. The molecule has 2 aromatic rings. The third-order valence-electron chi connectivity index (χ3n) is 7.60. The van der Waals surface area contributed by atoms with Crippen LogP contribution in [0.25, 0.3) is 0 Å². The highest BCUT2D eigenvalue weighted by Gasteiger charge is 2.31. The fourth-order valence-corrected chi connectivity index (χ4v) is 6.33. The Balaban J connectivity index is 0.000000220. The Morgan fingerprint density at radius 1 is 0.844 bits per heavy atom. The Labute approximate surface area is 201 Å². The summed E-state index contributed by atoms with van der Waals surface area (Å²) in [4.78, 5) is 0. The van der Waals surface area contributed by atoms with Gasteiger partial charge in [0.25, 0.3) is 0 Å². The molecule has 0 saturated heterocycles. The van der Waals surface area contributed by atoms with E-state index in [-0.39, 0.29) is 12.8 Å². The molecule has 0 unspecified atom stereocenters. The summed E-state index contributed by atoms with van der Waals surface area (Å²) in [5.74, 6) is 0. The zero-order valence-electron chi connectivity index (χ0n) is 20.3. The van der Waals surface area contributed by atoms with Crippen molar-refractivity contribution in [1.82, 2.24) is 0 Å². The van der Waals surface area contributed by atoms with Crippen LogP contribution in [-0.4, -0.2) is 10.2 Å². The van der Waals surface area contributed by atoms with Gasteiger partial charge >= 0.3 is 0 Å². The molecule has 0 radical (unpaired) electrons. The van der Waals surface area contributed by atoms with Gasteiger partial charge in [0.1, 0.15) is 0 Å². The predicted molar refractivity (Wildman–Crippen MR) is 138 cm³/mol. The van der Waals surface area contributed by atoms with Crippen molar-refractivity contribution in [2.75, 3.05) is 0 Å². The quantitative estimate of drug-likeness (QED) is 0.428. The van der Waals surface area contributed by atoms with Crippen molar-refractivity contribution in [3.63, 3.8) is 0 Å². The van der Waals surface area contributed by atoms with Crippen LogP contribution in [0.5, 0.6) is 0 Å². The molecule has 4 rings (SSSR count). The van der Waals surface area contributed by atoms with Crippen LogP contribution in [0.2, 0.25) is 5.02 Å². The van der Waals surface area contributed by atoms with Crippen LogP contribution < -0.4 is 0 Å². The van der Waals surface area contributed by atoms with E-state index in [0.29, 0.717) is 11.0 Å². The van der Waals surface area contributed by atoms with E-state index < -0.39 is 6.29 Å². The number of aryl methyl sites for hydroxylation is 2. The normalized spacial score (nSPS) is 18.1. The van der Waals surface area contributed by atoms with Gasteiger partial charge in [-0.1, -0.05) is 58.9 Å². The first-order chi connectivity index (χ1) is 14.4. The average Bonchev–Trinajstić information content (AvgIpc) is 2.65. The lowest BCUT2D eigenvalue weighted by Gasteiger charge is -2.35. The Morgan fingerprint density at radius 3 is 2.00 bits per heavy atom. The molecular formula is C29H43ClO2. The molecular weight excluding hydrogens is 416 g/mol. The molecule has 0 heterocycles. The van der Waals surface area contributed by atoms with Crippen LogP contribution in [0.4, 0.5) is 0 Å². The standard InChI is InChI=1S/C14H19Cl.C14H20O2.CH4/c1-9-8-12(15)11-6-5-7-14(3,4)13(11)10(9)2;1-9-11(13(15)16)7-6-10-5-4-8-14(2,3)12(9)10;/h8H,5-7H2,1-4H3;6-7,13,15-16H,4-5,8H2,1-3H3;1H4. The minimum Gasteiger partial charge on any atom is -0.364 e. The number of hydrogen-bond donors (Lipinski definition) is 2. The average molecular weight is 459 g/mol. The molecule has 32 heavy (non-hydrogen) atoms. The smallest absolute Gasteiger partial charge is 0.178 e. The summed E-state index contributed by atoms with van der Waals surface area (Å²) >= 11 is 6.35. The number of aliphatic hydroxyl groups excluding tert-OH is 1. The number of halogens is 1. The van der Waals surface area contributed by atoms with Gasteiger partial charge in [-0.2, -0.15) is 0 Å². The van der Waals surface area contributed by atoms with E-state index in [0.717, 1.165) is 23.4 Å². The highest BCUT2D eigenvalue weighted by Crippen LogP contribution is 2.43. The van der Waals surface area contributed by atoms with Crippen LogP contribution in [0.15, 0.2) is 18.2 Å². The van der Waals surface area contributed by atoms with E-state index in [1.165, 1.54) is 59.1 Å². The summed E-state index contributed by atoms with van der Waals surface area (Å²) in [6, 6.07) is 6.02. The van der Waals surface area contributed by atoms with Crippen molar-refractivity contribution in [2.45, 2.75) is 112 Å². The predicted octanol–water partition coefficient (Wildman–Crippen LogP) is 7.80. The van der Waals surface area contributed by atoms with Crippen LogP contribution >= 0.6 is 11.6 Å². The molecule has 0 aliphatic heterocycles. The molecule has 0 spiro atoms. The number of aliphatic hydroxyl groups is 2. The number of hydrogen-bond acceptors (Lipinski definition) is 2. The molecule has 0 fully saturated rings. The van der Waals surface area contributed by atoms with Crippen LogP contribution in [0, 0.1) is 20.8 Å². The number of rotatable bonds is 1. The van der Waals surface area contributed by atoms with Crippen LogP contribution in [0.1, 0.15) is 112 Å². The SMILES string of the molecule is C.Cc1c(C(O)O)ccc2c1C(C)(C)CCC2.Cc1cc(Cl)c2c(c1C)C(C)(C)CCC2. The van der Waals surface area contributed by atoms with Crippen molar-refractivity contribution < 1.29 is 10.2 Å². The Hall–Kier alpha value is -1.35. The second-order valence-electron chi connectivity index (χ2n) is 10.8. The van der Waals surface area contributed by atoms with Crippen molar-refractivity contribution in [3.8, 4) is 0 Å². The fraction of sp³-hybridized carbons (Fsp3) is 0.586. The molecule has 3 heteroatoms. The van der Waals surface area contributed by atoms with E-state index in [2.05, 4.69) is 53.7 Å². The number of benzene rings is 2. The molecule has 2 nitrogen and oxygen atoms in total. The van der Waals surface area contributed by atoms with Gasteiger partial charge in [-0.05, 0) is 115 Å². The Morgan fingerprint density at radius 2 is 1.41 bits per heavy atom. The van der Waals surface area contributed by atoms with Gasteiger partial charge in [0.05, 0.1) is 0 Å². The Kier molecular flexibility index (Phi) is 8.30. The maximum atomic E-state index is 9.33. The van der Waals surface area contributed by atoms with Gasteiger partial charge in [0, 0.05) is 10.6 Å². The molecule has 2 aliphatic rings. The van der Waals surface area contributed by atoms with Crippen molar-refractivity contribution in [1.29, 1.82) is 0 Å². The third-order valence-corrected chi connectivity index (χ3v) is 7.94. The van der Waals surface area contributed by atoms with Gasteiger partial charge in [0.2, 0.25) is 0 Å². The Bertz CT molecular complexity index is 970. The van der Waals surface area contributed by atoms with E-state index in [4.69, 9.17) is 11.6 Å². The van der Waals surface area contributed by atoms with Gasteiger partial charge in [-0.15, -0.1) is 0 Å². The van der Waals surface area contributed by atoms with Gasteiger partial charge < -0.3 is 10.2 Å². The highest BCUT2D eigenvalue weighted by atomic mass is 35.5. The molecule has 0 atom stereocenters. The summed E-state index contributed by atoms with van der Waals surface area (Å²) < 4.78 is 0. The first kappa shape index (κ1) is 26.9. The maximum Gasteiger partial charge on any atom is 0.178 e. The molecule has 2 aromatic carbocycles. The second-order valence-corrected chi connectivity index (χ2v) is 11.2. The number of fused-ring (bicyclic) bond motifs is 2. The summed E-state index contributed by atoms with van der Waals surface area (Å²) in [6.07, 6.45) is 5.85. The molecule has 0 aromatic heterocycles. The highest BCUT2D eigenvalue weighted by molar-refractivity contribution is 6.31. The topological polar surface area (TPSA) is 40.5 Å². The van der Waals surface area contributed by atoms with Crippen molar-refractivity contribution in [3.05, 3.63) is 67.7 Å². The van der Waals surface area contributed by atoms with Gasteiger partial charge in [0.15, 0.2) is 6.29 Å². The summed E-state index contributed by atoms with van der Waals surface area (Å²) in [5.41, 5.74) is 10.5. The van der Waals surface area contributed by atoms with Crippen LogP contribution in [-0.2, 0) is 23.7 Å². The molecule has 2 aliphatic carbocycles.